The van der Waals surface area contributed by atoms with Crippen LogP contribution in [0.3, 0.4) is 0 Å². The Bertz CT molecular complexity index is 412. The van der Waals surface area contributed by atoms with E-state index in [4.69, 9.17) is 5.11 Å². The van der Waals surface area contributed by atoms with Crippen LogP contribution in [0.1, 0.15) is 19.8 Å². The lowest BCUT2D eigenvalue weighted by Crippen LogP contribution is -2.51. The fourth-order valence-corrected chi connectivity index (χ4v) is 2.74. The smallest absolute Gasteiger partial charge is 0.326 e. The van der Waals surface area contributed by atoms with Gasteiger partial charge in [0.15, 0.2) is 0 Å². The Morgan fingerprint density at radius 2 is 2.00 bits per heavy atom. The molecule has 0 bridgehead atoms. The molecular formula is C12H19N3O4. The van der Waals surface area contributed by atoms with E-state index in [9.17, 15) is 14.4 Å². The van der Waals surface area contributed by atoms with E-state index < -0.39 is 24.1 Å². The van der Waals surface area contributed by atoms with E-state index in [2.05, 4.69) is 5.32 Å². The molecule has 106 valence electrons. The summed E-state index contributed by atoms with van der Waals surface area (Å²) in [5.74, 6) is -1.17. The summed E-state index contributed by atoms with van der Waals surface area (Å²) >= 11 is 0. The Labute approximate surface area is 111 Å². The number of aliphatic carboxylic acids is 1. The van der Waals surface area contributed by atoms with Crippen LogP contribution in [0.25, 0.3) is 0 Å². The predicted molar refractivity (Wildman–Crippen MR) is 66.5 cm³/mol. The predicted octanol–water partition coefficient (Wildman–Crippen LogP) is -0.278. The molecule has 0 aliphatic carbocycles. The fraction of sp³-hybridized carbons (Fsp3) is 0.750. The Kier molecular flexibility index (Phi) is 3.64. The normalized spacial score (nSPS) is 30.8. The van der Waals surface area contributed by atoms with E-state index in [1.54, 1.807) is 11.9 Å². The molecular weight excluding hydrogens is 250 g/mol. The molecule has 0 spiro atoms. The lowest BCUT2D eigenvalue weighted by molar-refractivity contribution is -0.142. The molecule has 0 aromatic rings. The van der Waals surface area contributed by atoms with Gasteiger partial charge in [0.1, 0.15) is 12.1 Å². The second-order valence-corrected chi connectivity index (χ2v) is 5.29. The van der Waals surface area contributed by atoms with Gasteiger partial charge in [-0.05, 0) is 18.8 Å². The van der Waals surface area contributed by atoms with E-state index in [0.717, 1.165) is 0 Å². The quantitative estimate of drug-likeness (QED) is 0.721. The van der Waals surface area contributed by atoms with Gasteiger partial charge in [0, 0.05) is 20.1 Å². The summed E-state index contributed by atoms with van der Waals surface area (Å²) in [7, 11) is 1.69. The van der Waals surface area contributed by atoms with Crippen LogP contribution in [-0.4, -0.2) is 65.0 Å². The topological polar surface area (TPSA) is 90.0 Å². The molecule has 2 heterocycles. The van der Waals surface area contributed by atoms with Crippen molar-refractivity contribution in [3.05, 3.63) is 0 Å². The van der Waals surface area contributed by atoms with Gasteiger partial charge in [0.25, 0.3) is 0 Å². The Morgan fingerprint density at radius 3 is 2.53 bits per heavy atom. The zero-order valence-corrected chi connectivity index (χ0v) is 11.1. The Balaban J connectivity index is 2.00. The van der Waals surface area contributed by atoms with Crippen LogP contribution >= 0.6 is 0 Å². The van der Waals surface area contributed by atoms with Crippen molar-refractivity contribution in [3.63, 3.8) is 0 Å². The largest absolute Gasteiger partial charge is 0.480 e. The zero-order valence-electron chi connectivity index (χ0n) is 11.1. The summed E-state index contributed by atoms with van der Waals surface area (Å²) < 4.78 is 0. The number of carboxylic acids is 1. The highest BCUT2D eigenvalue weighted by Crippen LogP contribution is 2.24. The van der Waals surface area contributed by atoms with Crippen molar-refractivity contribution in [2.45, 2.75) is 31.8 Å². The van der Waals surface area contributed by atoms with E-state index in [1.807, 2.05) is 6.92 Å². The van der Waals surface area contributed by atoms with Crippen molar-refractivity contribution in [2.24, 2.45) is 5.92 Å². The van der Waals surface area contributed by atoms with Gasteiger partial charge >= 0.3 is 12.0 Å². The summed E-state index contributed by atoms with van der Waals surface area (Å²) in [6, 6.07) is -1.78. The summed E-state index contributed by atoms with van der Waals surface area (Å²) in [4.78, 5) is 37.9. The van der Waals surface area contributed by atoms with Crippen LogP contribution in [0.5, 0.6) is 0 Å². The van der Waals surface area contributed by atoms with E-state index in [-0.39, 0.29) is 11.8 Å². The van der Waals surface area contributed by atoms with Crippen molar-refractivity contribution < 1.29 is 19.5 Å². The van der Waals surface area contributed by atoms with Crippen LogP contribution in [-0.2, 0) is 9.59 Å². The number of carbonyl (C=O) groups is 3. The van der Waals surface area contributed by atoms with Gasteiger partial charge in [-0.25, -0.2) is 9.59 Å². The van der Waals surface area contributed by atoms with E-state index in [0.29, 0.717) is 25.9 Å². The number of hydrogen-bond donors (Lipinski definition) is 2. The lowest BCUT2D eigenvalue weighted by atomic mass is 10.0. The van der Waals surface area contributed by atoms with Crippen LogP contribution in [0, 0.1) is 5.92 Å². The van der Waals surface area contributed by atoms with Gasteiger partial charge in [-0.3, -0.25) is 4.79 Å². The molecule has 3 atom stereocenters. The number of urea groups is 1. The first kappa shape index (κ1) is 13.6. The van der Waals surface area contributed by atoms with Gasteiger partial charge in [-0.2, -0.15) is 0 Å². The van der Waals surface area contributed by atoms with Gasteiger partial charge in [0.05, 0.1) is 0 Å². The third kappa shape index (κ3) is 2.50. The number of rotatable bonds is 2. The van der Waals surface area contributed by atoms with E-state index in [1.165, 1.54) is 4.90 Å². The molecule has 7 nitrogen and oxygen atoms in total. The van der Waals surface area contributed by atoms with Crippen molar-refractivity contribution in [1.29, 1.82) is 0 Å². The van der Waals surface area contributed by atoms with Crippen LogP contribution < -0.4 is 5.32 Å². The summed E-state index contributed by atoms with van der Waals surface area (Å²) in [6.45, 7) is 2.85. The lowest BCUT2D eigenvalue weighted by Gasteiger charge is -2.25. The Hall–Kier alpha value is -1.79. The first-order valence-corrected chi connectivity index (χ1v) is 6.46. The average Bonchev–Trinajstić information content (AvgIpc) is 2.87. The second-order valence-electron chi connectivity index (χ2n) is 5.29. The van der Waals surface area contributed by atoms with Gasteiger partial charge in [-0.1, -0.05) is 6.92 Å². The SMILES string of the molecule is CC1CCN(C(=O)NC2CCN(C)C2=O)C1C(=O)O. The number of hydrogen-bond acceptors (Lipinski definition) is 3. The molecule has 2 fully saturated rings. The first-order chi connectivity index (χ1) is 8.91. The minimum atomic E-state index is -0.991. The molecule has 0 saturated carbocycles. The molecule has 3 amide bonds. The molecule has 2 aliphatic heterocycles. The standard InChI is InChI=1S/C12H19N3O4/c1-7-3-6-15(9(7)11(17)18)12(19)13-8-4-5-14(2)10(8)16/h7-9H,3-6H2,1-2H3,(H,13,19)(H,17,18). The maximum atomic E-state index is 12.1. The second kappa shape index (κ2) is 5.07. The first-order valence-electron chi connectivity index (χ1n) is 6.46. The fourth-order valence-electron chi connectivity index (χ4n) is 2.74. The molecule has 7 heteroatoms. The molecule has 2 rings (SSSR count). The average molecular weight is 269 g/mol. The van der Waals surface area contributed by atoms with Crippen molar-refractivity contribution in [2.75, 3.05) is 20.1 Å². The number of nitrogens with one attached hydrogen (secondary N) is 1. The highest BCUT2D eigenvalue weighted by atomic mass is 16.4. The number of likely N-dealkylation sites (tertiary alicyclic amines) is 2. The van der Waals surface area contributed by atoms with Gasteiger partial charge in [-0.15, -0.1) is 0 Å². The minimum absolute atomic E-state index is 0.0646. The van der Waals surface area contributed by atoms with Crippen LogP contribution in [0.15, 0.2) is 0 Å². The highest BCUT2D eigenvalue weighted by molar-refractivity contribution is 5.90. The highest BCUT2D eigenvalue weighted by Gasteiger charge is 2.41. The molecule has 2 N–H and O–H groups in total. The number of nitrogens with zero attached hydrogens (tertiary/aromatic N) is 2. The molecule has 2 saturated heterocycles. The summed E-state index contributed by atoms with van der Waals surface area (Å²) in [6.07, 6.45) is 1.24. The summed E-state index contributed by atoms with van der Waals surface area (Å²) in [5.41, 5.74) is 0. The van der Waals surface area contributed by atoms with Gasteiger partial charge in [0.2, 0.25) is 5.91 Å². The number of carbonyl (C=O) groups excluding carboxylic acids is 2. The van der Waals surface area contributed by atoms with E-state index >= 15 is 0 Å². The third-order valence-electron chi connectivity index (χ3n) is 3.94. The van der Waals surface area contributed by atoms with Crippen LogP contribution in [0.2, 0.25) is 0 Å². The van der Waals surface area contributed by atoms with Crippen molar-refractivity contribution in [3.8, 4) is 0 Å². The van der Waals surface area contributed by atoms with Gasteiger partial charge < -0.3 is 20.2 Å². The number of amides is 3. The maximum Gasteiger partial charge on any atom is 0.326 e. The summed E-state index contributed by atoms with van der Waals surface area (Å²) in [5, 5.41) is 11.8. The van der Waals surface area contributed by atoms with Crippen LogP contribution in [0.4, 0.5) is 4.79 Å². The monoisotopic (exact) mass is 269 g/mol. The number of carboxylic acid groups (broad SMARTS) is 1. The molecule has 19 heavy (non-hydrogen) atoms. The third-order valence-corrected chi connectivity index (χ3v) is 3.94. The zero-order chi connectivity index (χ0) is 14.2. The molecule has 3 unspecified atom stereocenters. The van der Waals surface area contributed by atoms with Crippen molar-refractivity contribution in [1.82, 2.24) is 15.1 Å². The minimum Gasteiger partial charge on any atom is -0.480 e. The molecule has 2 aliphatic rings. The molecule has 0 aromatic heterocycles. The number of likely N-dealkylation sites (N-methyl/N-ethyl adjacent to an activating group) is 1. The Morgan fingerprint density at radius 1 is 1.32 bits per heavy atom. The van der Waals surface area contributed by atoms with Crippen molar-refractivity contribution >= 4 is 17.9 Å². The molecule has 0 radical (unpaired) electrons. The maximum absolute atomic E-state index is 12.1. The molecule has 0 aromatic carbocycles.